The molecule has 1 aromatic carbocycles. The van der Waals surface area contributed by atoms with Gasteiger partial charge in [0, 0.05) is 12.2 Å². The topological polar surface area (TPSA) is 59.2 Å². The molecule has 104 valence electrons. The summed E-state index contributed by atoms with van der Waals surface area (Å²) in [5.74, 6) is -0.117. The van der Waals surface area contributed by atoms with Crippen LogP contribution < -0.4 is 10.6 Å². The highest BCUT2D eigenvalue weighted by Gasteiger charge is 2.19. The van der Waals surface area contributed by atoms with Crippen LogP contribution in [0.1, 0.15) is 29.5 Å². The summed E-state index contributed by atoms with van der Waals surface area (Å²) in [4.78, 5) is 18.6. The van der Waals surface area contributed by atoms with Crippen LogP contribution in [-0.2, 0) is 0 Å². The molecule has 4 heteroatoms. The van der Waals surface area contributed by atoms with Crippen LogP contribution in [0, 0.1) is 6.92 Å². The van der Waals surface area contributed by atoms with E-state index in [1.165, 1.54) is 0 Å². The SMILES string of the molecule is CCCN(C(=O)c1cccc(C)n1)c1ccccc1N. The van der Waals surface area contributed by atoms with E-state index in [2.05, 4.69) is 4.98 Å². The third kappa shape index (κ3) is 2.96. The Hall–Kier alpha value is -2.36. The number of pyridine rings is 1. The monoisotopic (exact) mass is 269 g/mol. The minimum absolute atomic E-state index is 0.117. The number of benzene rings is 1. The molecule has 0 aliphatic carbocycles. The highest BCUT2D eigenvalue weighted by Crippen LogP contribution is 2.24. The molecule has 0 unspecified atom stereocenters. The first-order valence-electron chi connectivity index (χ1n) is 6.73. The van der Waals surface area contributed by atoms with Crippen molar-refractivity contribution in [2.45, 2.75) is 20.3 Å². The summed E-state index contributed by atoms with van der Waals surface area (Å²) in [6.45, 7) is 4.52. The van der Waals surface area contributed by atoms with Gasteiger partial charge in [-0.15, -0.1) is 0 Å². The van der Waals surface area contributed by atoms with Gasteiger partial charge in [0.1, 0.15) is 5.69 Å². The van der Waals surface area contributed by atoms with Crippen LogP contribution in [-0.4, -0.2) is 17.4 Å². The predicted octanol–water partition coefficient (Wildman–Crippen LogP) is 3.03. The zero-order valence-electron chi connectivity index (χ0n) is 11.8. The molecule has 2 rings (SSSR count). The Kier molecular flexibility index (Phi) is 4.35. The van der Waals surface area contributed by atoms with E-state index in [1.807, 2.05) is 44.2 Å². The fourth-order valence-electron chi connectivity index (χ4n) is 2.09. The van der Waals surface area contributed by atoms with Crippen molar-refractivity contribution in [3.8, 4) is 0 Å². The number of para-hydroxylation sites is 2. The number of nitrogen functional groups attached to an aromatic ring is 1. The van der Waals surface area contributed by atoms with Crippen molar-refractivity contribution in [3.05, 3.63) is 53.9 Å². The van der Waals surface area contributed by atoms with Crippen molar-refractivity contribution < 1.29 is 4.79 Å². The molecule has 0 radical (unpaired) electrons. The van der Waals surface area contributed by atoms with Gasteiger partial charge in [0.25, 0.3) is 5.91 Å². The number of nitrogens with two attached hydrogens (primary N) is 1. The van der Waals surface area contributed by atoms with Gasteiger partial charge in [0.2, 0.25) is 0 Å². The third-order valence-corrected chi connectivity index (χ3v) is 3.03. The van der Waals surface area contributed by atoms with Gasteiger partial charge in [-0.1, -0.05) is 25.1 Å². The molecule has 20 heavy (non-hydrogen) atoms. The fraction of sp³-hybridized carbons (Fsp3) is 0.250. The number of rotatable bonds is 4. The van der Waals surface area contributed by atoms with Crippen LogP contribution in [0.4, 0.5) is 11.4 Å². The van der Waals surface area contributed by atoms with Crippen molar-refractivity contribution in [2.75, 3.05) is 17.2 Å². The molecule has 1 amide bonds. The minimum atomic E-state index is -0.117. The average molecular weight is 269 g/mol. The zero-order valence-corrected chi connectivity index (χ0v) is 11.8. The van der Waals surface area contributed by atoms with Crippen LogP contribution >= 0.6 is 0 Å². The molecule has 0 aliphatic rings. The number of aryl methyl sites for hydroxylation is 1. The first-order chi connectivity index (χ1) is 9.63. The molecular weight excluding hydrogens is 250 g/mol. The maximum absolute atomic E-state index is 12.6. The summed E-state index contributed by atoms with van der Waals surface area (Å²) in [7, 11) is 0. The van der Waals surface area contributed by atoms with Crippen LogP contribution in [0.5, 0.6) is 0 Å². The van der Waals surface area contributed by atoms with Crippen LogP contribution in [0.15, 0.2) is 42.5 Å². The van der Waals surface area contributed by atoms with Gasteiger partial charge >= 0.3 is 0 Å². The summed E-state index contributed by atoms with van der Waals surface area (Å²) in [5, 5.41) is 0. The molecule has 1 heterocycles. The summed E-state index contributed by atoms with van der Waals surface area (Å²) in [6, 6.07) is 12.8. The second-order valence-corrected chi connectivity index (χ2v) is 4.68. The smallest absolute Gasteiger partial charge is 0.276 e. The van der Waals surface area contributed by atoms with E-state index in [1.54, 1.807) is 17.0 Å². The van der Waals surface area contributed by atoms with E-state index in [0.29, 0.717) is 17.9 Å². The van der Waals surface area contributed by atoms with Crippen molar-refractivity contribution in [2.24, 2.45) is 0 Å². The third-order valence-electron chi connectivity index (χ3n) is 3.03. The van der Waals surface area contributed by atoms with Gasteiger partial charge in [-0.05, 0) is 37.6 Å². The molecule has 2 aromatic rings. The normalized spacial score (nSPS) is 10.3. The molecule has 0 aliphatic heterocycles. The maximum Gasteiger partial charge on any atom is 0.276 e. The number of hydrogen-bond donors (Lipinski definition) is 1. The zero-order chi connectivity index (χ0) is 14.5. The number of carbonyl (C=O) groups excluding carboxylic acids is 1. The molecule has 2 N–H and O–H groups in total. The molecule has 4 nitrogen and oxygen atoms in total. The first-order valence-corrected chi connectivity index (χ1v) is 6.73. The molecule has 0 fully saturated rings. The standard InChI is InChI=1S/C16H19N3O/c1-3-11-19(15-10-5-4-8-13(15)17)16(20)14-9-6-7-12(2)18-14/h4-10H,3,11,17H2,1-2H3. The lowest BCUT2D eigenvalue weighted by molar-refractivity contribution is 0.0982. The maximum atomic E-state index is 12.6. The molecule has 0 spiro atoms. The molecule has 0 saturated heterocycles. The predicted molar refractivity (Wildman–Crippen MR) is 81.8 cm³/mol. The van der Waals surface area contributed by atoms with Crippen LogP contribution in [0.3, 0.4) is 0 Å². The van der Waals surface area contributed by atoms with Gasteiger partial charge < -0.3 is 10.6 Å². The second-order valence-electron chi connectivity index (χ2n) is 4.68. The van der Waals surface area contributed by atoms with Crippen molar-refractivity contribution in [3.63, 3.8) is 0 Å². The van der Waals surface area contributed by atoms with Gasteiger partial charge in [0.15, 0.2) is 0 Å². The Bertz CT molecular complexity index is 610. The van der Waals surface area contributed by atoms with Crippen molar-refractivity contribution >= 4 is 17.3 Å². The first kappa shape index (κ1) is 14.1. The Morgan fingerprint density at radius 2 is 1.95 bits per heavy atom. The summed E-state index contributed by atoms with van der Waals surface area (Å²) < 4.78 is 0. The average Bonchev–Trinajstić information content (AvgIpc) is 2.45. The Morgan fingerprint density at radius 1 is 1.20 bits per heavy atom. The molecule has 0 atom stereocenters. The van der Waals surface area contributed by atoms with E-state index in [-0.39, 0.29) is 5.91 Å². The highest BCUT2D eigenvalue weighted by atomic mass is 16.2. The van der Waals surface area contributed by atoms with Gasteiger partial charge in [-0.25, -0.2) is 4.98 Å². The number of nitrogens with zero attached hydrogens (tertiary/aromatic N) is 2. The lowest BCUT2D eigenvalue weighted by Gasteiger charge is -2.23. The fourth-order valence-corrected chi connectivity index (χ4v) is 2.09. The minimum Gasteiger partial charge on any atom is -0.397 e. The van der Waals surface area contributed by atoms with Crippen molar-refractivity contribution in [1.82, 2.24) is 4.98 Å². The Morgan fingerprint density at radius 3 is 2.60 bits per heavy atom. The summed E-state index contributed by atoms with van der Waals surface area (Å²) in [6.07, 6.45) is 0.853. The quantitative estimate of drug-likeness (QED) is 0.868. The molecule has 0 saturated carbocycles. The molecule has 1 aromatic heterocycles. The van der Waals surface area contributed by atoms with Crippen LogP contribution in [0.2, 0.25) is 0 Å². The van der Waals surface area contributed by atoms with E-state index in [4.69, 9.17) is 5.73 Å². The van der Waals surface area contributed by atoms with Gasteiger partial charge in [-0.3, -0.25) is 4.79 Å². The van der Waals surface area contributed by atoms with Crippen molar-refractivity contribution in [1.29, 1.82) is 0 Å². The number of amides is 1. The highest BCUT2D eigenvalue weighted by molar-refractivity contribution is 6.06. The number of aromatic nitrogens is 1. The summed E-state index contributed by atoms with van der Waals surface area (Å²) in [5.41, 5.74) is 8.59. The molecular formula is C16H19N3O. The van der Waals surface area contributed by atoms with Gasteiger partial charge in [-0.2, -0.15) is 0 Å². The lowest BCUT2D eigenvalue weighted by Crippen LogP contribution is -2.33. The van der Waals surface area contributed by atoms with E-state index in [9.17, 15) is 4.79 Å². The number of anilines is 2. The lowest BCUT2D eigenvalue weighted by atomic mass is 10.2. The second kappa shape index (κ2) is 6.19. The van der Waals surface area contributed by atoms with Crippen LogP contribution in [0.25, 0.3) is 0 Å². The Labute approximate surface area is 119 Å². The van der Waals surface area contributed by atoms with Gasteiger partial charge in [0.05, 0.1) is 11.4 Å². The Balaban J connectivity index is 2.39. The summed E-state index contributed by atoms with van der Waals surface area (Å²) >= 11 is 0. The van der Waals surface area contributed by atoms with E-state index >= 15 is 0 Å². The largest absolute Gasteiger partial charge is 0.397 e. The number of hydrogen-bond acceptors (Lipinski definition) is 3. The van der Waals surface area contributed by atoms with E-state index < -0.39 is 0 Å². The number of carbonyl (C=O) groups is 1. The van der Waals surface area contributed by atoms with E-state index in [0.717, 1.165) is 17.8 Å². The molecule has 0 bridgehead atoms.